The Kier molecular flexibility index (Phi) is 4.40. The van der Waals surface area contributed by atoms with Crippen molar-refractivity contribution in [2.45, 2.75) is 19.5 Å². The molecule has 0 bridgehead atoms. The Morgan fingerprint density at radius 2 is 2.31 bits per heavy atom. The maximum Gasteiger partial charge on any atom is 0.321 e. The molecule has 1 aromatic heterocycles. The summed E-state index contributed by atoms with van der Waals surface area (Å²) in [7, 11) is 1.43. The highest BCUT2D eigenvalue weighted by Gasteiger charge is 2.14. The lowest BCUT2D eigenvalue weighted by molar-refractivity contribution is -0.121. The van der Waals surface area contributed by atoms with Crippen molar-refractivity contribution in [3.8, 4) is 0 Å². The molecule has 0 radical (unpaired) electrons. The van der Waals surface area contributed by atoms with Crippen LogP contribution in [-0.4, -0.2) is 35.2 Å². The zero-order chi connectivity index (χ0) is 12.0. The Hall–Kier alpha value is -1.96. The molecule has 0 aliphatic carbocycles. The van der Waals surface area contributed by atoms with E-state index in [4.69, 9.17) is 0 Å². The molecule has 0 aliphatic rings. The van der Waals surface area contributed by atoms with E-state index in [0.29, 0.717) is 12.4 Å². The Morgan fingerprint density at radius 3 is 2.88 bits per heavy atom. The van der Waals surface area contributed by atoms with E-state index in [1.54, 1.807) is 6.92 Å². The van der Waals surface area contributed by atoms with Crippen molar-refractivity contribution in [3.05, 3.63) is 12.2 Å². The second-order valence-electron chi connectivity index (χ2n) is 3.02. The van der Waals surface area contributed by atoms with Crippen LogP contribution in [0.15, 0.2) is 10.9 Å². The first kappa shape index (κ1) is 12.1. The molecule has 0 saturated carbocycles. The van der Waals surface area contributed by atoms with Gasteiger partial charge in [-0.2, -0.15) is 4.98 Å². The van der Waals surface area contributed by atoms with Gasteiger partial charge in [0.05, 0.1) is 12.6 Å². The van der Waals surface area contributed by atoms with Crippen LogP contribution in [0.5, 0.6) is 0 Å². The normalized spacial score (nSPS) is 11.9. The van der Waals surface area contributed by atoms with Gasteiger partial charge in [0.25, 0.3) is 0 Å². The van der Waals surface area contributed by atoms with Crippen molar-refractivity contribution in [2.75, 3.05) is 7.05 Å². The maximum atomic E-state index is 11.4. The number of imide groups is 1. The molecule has 1 unspecified atom stereocenters. The minimum absolute atomic E-state index is 0.291. The number of carbonyl (C=O) groups is 2. The fourth-order valence-electron chi connectivity index (χ4n) is 0.890. The first-order valence-electron chi connectivity index (χ1n) is 4.64. The summed E-state index contributed by atoms with van der Waals surface area (Å²) in [5.74, 6) is 0.0161. The molecule has 8 nitrogen and oxygen atoms in total. The van der Waals surface area contributed by atoms with Crippen LogP contribution in [0.25, 0.3) is 0 Å². The molecule has 3 N–H and O–H groups in total. The highest BCUT2D eigenvalue weighted by atomic mass is 16.5. The van der Waals surface area contributed by atoms with E-state index in [9.17, 15) is 9.59 Å². The molecule has 1 atom stereocenters. The van der Waals surface area contributed by atoms with Crippen molar-refractivity contribution >= 4 is 11.9 Å². The number of hydrogen-bond donors (Lipinski definition) is 3. The molecular weight excluding hydrogens is 214 g/mol. The highest BCUT2D eigenvalue weighted by molar-refractivity contribution is 5.96. The summed E-state index contributed by atoms with van der Waals surface area (Å²) in [6.45, 7) is 1.91. The van der Waals surface area contributed by atoms with Crippen molar-refractivity contribution in [2.24, 2.45) is 0 Å². The Labute approximate surface area is 91.8 Å². The van der Waals surface area contributed by atoms with E-state index >= 15 is 0 Å². The average Bonchev–Trinajstić information content (AvgIpc) is 2.78. The van der Waals surface area contributed by atoms with E-state index in [-0.39, 0.29) is 0 Å². The van der Waals surface area contributed by atoms with Crippen LogP contribution >= 0.6 is 0 Å². The Balaban J connectivity index is 2.31. The summed E-state index contributed by atoms with van der Waals surface area (Å²) in [4.78, 5) is 26.0. The minimum Gasteiger partial charge on any atom is -0.343 e. The summed E-state index contributed by atoms with van der Waals surface area (Å²) >= 11 is 0. The van der Waals surface area contributed by atoms with Gasteiger partial charge in [0.1, 0.15) is 0 Å². The average molecular weight is 227 g/mol. The zero-order valence-electron chi connectivity index (χ0n) is 8.98. The highest BCUT2D eigenvalue weighted by Crippen LogP contribution is 1.89. The molecule has 1 heterocycles. The lowest BCUT2D eigenvalue weighted by atomic mass is 10.3. The Morgan fingerprint density at radius 1 is 1.56 bits per heavy atom. The molecular formula is C8H13N5O3. The molecule has 1 aromatic rings. The molecule has 88 valence electrons. The van der Waals surface area contributed by atoms with Crippen molar-refractivity contribution in [3.63, 3.8) is 0 Å². The van der Waals surface area contributed by atoms with Gasteiger partial charge in [-0.15, -0.1) is 0 Å². The summed E-state index contributed by atoms with van der Waals surface area (Å²) in [6.07, 6.45) is 1.20. The van der Waals surface area contributed by atoms with Crippen LogP contribution in [0.2, 0.25) is 0 Å². The topological polar surface area (TPSA) is 109 Å². The number of rotatable bonds is 4. The molecule has 0 aromatic carbocycles. The zero-order valence-corrected chi connectivity index (χ0v) is 8.98. The predicted octanol–water partition coefficient (Wildman–Crippen LogP) is -0.997. The van der Waals surface area contributed by atoms with Crippen molar-refractivity contribution in [1.82, 2.24) is 26.1 Å². The molecule has 16 heavy (non-hydrogen) atoms. The summed E-state index contributed by atoms with van der Waals surface area (Å²) in [5.41, 5.74) is 0. The minimum atomic E-state index is -0.543. The molecule has 0 aliphatic heterocycles. The summed E-state index contributed by atoms with van der Waals surface area (Å²) < 4.78 is 4.52. The van der Waals surface area contributed by atoms with Crippen LogP contribution in [0.3, 0.4) is 0 Å². The van der Waals surface area contributed by atoms with Crippen LogP contribution in [0, 0.1) is 0 Å². The molecule has 0 spiro atoms. The molecule has 1 rings (SSSR count). The van der Waals surface area contributed by atoms with Crippen molar-refractivity contribution in [1.29, 1.82) is 0 Å². The quantitative estimate of drug-likeness (QED) is 0.609. The first-order valence-corrected chi connectivity index (χ1v) is 4.64. The molecule has 8 heteroatoms. The standard InChI is InChI=1S/C8H13N5O3/c1-5(7(14)12-8(15)9-2)10-3-6-11-4-16-13-6/h4-5,10H,3H2,1-2H3,(H2,9,12,14,15). The van der Waals surface area contributed by atoms with Gasteiger partial charge in [0.15, 0.2) is 5.82 Å². The lowest BCUT2D eigenvalue weighted by Gasteiger charge is -2.11. The number of nitrogens with one attached hydrogen (secondary N) is 3. The first-order chi connectivity index (χ1) is 7.63. The third-order valence-electron chi connectivity index (χ3n) is 1.83. The third-order valence-corrected chi connectivity index (χ3v) is 1.83. The predicted molar refractivity (Wildman–Crippen MR) is 53.2 cm³/mol. The van der Waals surface area contributed by atoms with Gasteiger partial charge in [-0.05, 0) is 6.92 Å². The second-order valence-corrected chi connectivity index (χ2v) is 3.02. The van der Waals surface area contributed by atoms with E-state index in [1.807, 2.05) is 0 Å². The van der Waals surface area contributed by atoms with E-state index in [2.05, 4.69) is 30.6 Å². The maximum absolute atomic E-state index is 11.4. The lowest BCUT2D eigenvalue weighted by Crippen LogP contribution is -2.47. The SMILES string of the molecule is CNC(=O)NC(=O)C(C)NCc1ncon1. The van der Waals surface area contributed by atoms with Gasteiger partial charge < -0.3 is 9.84 Å². The second kappa shape index (κ2) is 5.81. The van der Waals surface area contributed by atoms with Crippen LogP contribution in [-0.2, 0) is 11.3 Å². The Bertz CT molecular complexity index is 351. The number of hydrogen-bond acceptors (Lipinski definition) is 6. The number of amides is 3. The van der Waals surface area contributed by atoms with Crippen molar-refractivity contribution < 1.29 is 14.1 Å². The smallest absolute Gasteiger partial charge is 0.321 e. The summed E-state index contributed by atoms with van der Waals surface area (Å²) in [6, 6.07) is -1.07. The molecule has 0 fully saturated rings. The van der Waals surface area contributed by atoms with Gasteiger partial charge in [0.2, 0.25) is 12.3 Å². The van der Waals surface area contributed by atoms with E-state index in [1.165, 1.54) is 13.4 Å². The van der Waals surface area contributed by atoms with Gasteiger partial charge in [-0.1, -0.05) is 5.16 Å². The largest absolute Gasteiger partial charge is 0.343 e. The number of urea groups is 1. The fourth-order valence-corrected chi connectivity index (χ4v) is 0.890. The van der Waals surface area contributed by atoms with Gasteiger partial charge in [-0.3, -0.25) is 15.4 Å². The fraction of sp³-hybridized carbons (Fsp3) is 0.500. The van der Waals surface area contributed by atoms with Gasteiger partial charge in [-0.25, -0.2) is 4.79 Å². The molecule has 3 amide bonds. The number of nitrogens with zero attached hydrogens (tertiary/aromatic N) is 2. The van der Waals surface area contributed by atoms with E-state index < -0.39 is 18.0 Å². The third kappa shape index (κ3) is 3.65. The van der Waals surface area contributed by atoms with Crippen LogP contribution in [0.4, 0.5) is 4.79 Å². The van der Waals surface area contributed by atoms with Gasteiger partial charge in [0, 0.05) is 7.05 Å². The van der Waals surface area contributed by atoms with Crippen LogP contribution < -0.4 is 16.0 Å². The monoisotopic (exact) mass is 227 g/mol. The number of carbonyl (C=O) groups excluding carboxylic acids is 2. The number of aromatic nitrogens is 2. The summed E-state index contributed by atoms with van der Waals surface area (Å²) in [5, 5.41) is 10.8. The van der Waals surface area contributed by atoms with Crippen LogP contribution in [0.1, 0.15) is 12.7 Å². The van der Waals surface area contributed by atoms with Gasteiger partial charge >= 0.3 is 6.03 Å². The van der Waals surface area contributed by atoms with E-state index in [0.717, 1.165) is 0 Å². The molecule has 0 saturated heterocycles.